The minimum atomic E-state index is 0.637. The Morgan fingerprint density at radius 2 is 2.31 bits per heavy atom. The molecule has 0 radical (unpaired) electrons. The second-order valence-electron chi connectivity index (χ2n) is 3.84. The first-order chi connectivity index (χ1) is 7.76. The molecule has 0 aliphatic carbocycles. The Morgan fingerprint density at radius 3 is 2.88 bits per heavy atom. The molecule has 0 amide bonds. The van der Waals surface area contributed by atoms with Crippen LogP contribution in [0.25, 0.3) is 0 Å². The van der Waals surface area contributed by atoms with E-state index in [0.29, 0.717) is 6.04 Å². The molecule has 0 fully saturated rings. The van der Waals surface area contributed by atoms with Gasteiger partial charge < -0.3 is 5.32 Å². The van der Waals surface area contributed by atoms with Crippen LogP contribution in [-0.4, -0.2) is 24.6 Å². The van der Waals surface area contributed by atoms with Crippen molar-refractivity contribution in [2.45, 2.75) is 32.2 Å². The number of hydrogen-bond donors (Lipinski definition) is 1. The highest BCUT2D eigenvalue weighted by atomic mass is 79.9. The van der Waals surface area contributed by atoms with E-state index in [-0.39, 0.29) is 0 Å². The van der Waals surface area contributed by atoms with Gasteiger partial charge in [0.05, 0.1) is 3.79 Å². The average Bonchev–Trinajstić information content (AvgIpc) is 2.68. The molecule has 1 heterocycles. The van der Waals surface area contributed by atoms with E-state index in [9.17, 15) is 0 Å². The van der Waals surface area contributed by atoms with Crippen molar-refractivity contribution in [3.8, 4) is 0 Å². The highest BCUT2D eigenvalue weighted by molar-refractivity contribution is 9.11. The van der Waals surface area contributed by atoms with Crippen molar-refractivity contribution in [2.24, 2.45) is 0 Å². The van der Waals surface area contributed by atoms with Crippen LogP contribution in [0.2, 0.25) is 0 Å². The lowest BCUT2D eigenvalue weighted by molar-refractivity contribution is 0.500. The molecule has 1 rings (SSSR count). The van der Waals surface area contributed by atoms with Gasteiger partial charge in [0.1, 0.15) is 0 Å². The summed E-state index contributed by atoms with van der Waals surface area (Å²) in [6.45, 7) is 3.35. The first kappa shape index (κ1) is 14.6. The molecule has 1 unspecified atom stereocenters. The normalized spacial score (nSPS) is 12.9. The monoisotopic (exact) mass is 321 g/mol. The highest BCUT2D eigenvalue weighted by Crippen LogP contribution is 2.23. The third-order valence-electron chi connectivity index (χ3n) is 2.43. The molecule has 1 N–H and O–H groups in total. The Bertz CT molecular complexity index is 280. The summed E-state index contributed by atoms with van der Waals surface area (Å²) in [5, 5.41) is 3.64. The molecule has 0 aliphatic rings. The molecular weight excluding hydrogens is 302 g/mol. The fourth-order valence-corrected chi connectivity index (χ4v) is 3.67. The zero-order valence-electron chi connectivity index (χ0n) is 9.96. The summed E-state index contributed by atoms with van der Waals surface area (Å²) in [6.07, 6.45) is 5.82. The Hall–Kier alpha value is 0.490. The van der Waals surface area contributed by atoms with Crippen molar-refractivity contribution >= 4 is 39.0 Å². The fourth-order valence-electron chi connectivity index (χ4n) is 1.59. The minimum Gasteiger partial charge on any atom is -0.314 e. The van der Waals surface area contributed by atoms with Gasteiger partial charge in [-0.3, -0.25) is 0 Å². The smallest absolute Gasteiger partial charge is 0.0701 e. The third-order valence-corrected chi connectivity index (χ3v) is 4.72. The number of nitrogens with one attached hydrogen (secondary N) is 1. The number of rotatable bonds is 8. The second kappa shape index (κ2) is 8.56. The summed E-state index contributed by atoms with van der Waals surface area (Å²) in [5.41, 5.74) is 0. The molecule has 0 saturated carbocycles. The standard InChI is InChI=1S/C12H20BrNS2/c1-3-7-14-10(6-8-15-2)9-11-4-5-12(13)16-11/h4-5,10,14H,3,6-9H2,1-2H3. The lowest BCUT2D eigenvalue weighted by Crippen LogP contribution is -2.32. The lowest BCUT2D eigenvalue weighted by Gasteiger charge is -2.17. The average molecular weight is 322 g/mol. The Balaban J connectivity index is 2.41. The first-order valence-electron chi connectivity index (χ1n) is 5.72. The lowest BCUT2D eigenvalue weighted by atomic mass is 10.1. The largest absolute Gasteiger partial charge is 0.314 e. The van der Waals surface area contributed by atoms with Gasteiger partial charge in [-0.2, -0.15) is 11.8 Å². The molecule has 92 valence electrons. The number of thiophene rings is 1. The molecule has 4 heteroatoms. The maximum Gasteiger partial charge on any atom is 0.0701 e. The van der Waals surface area contributed by atoms with E-state index in [1.165, 1.54) is 27.3 Å². The van der Waals surface area contributed by atoms with Crippen molar-refractivity contribution in [2.75, 3.05) is 18.6 Å². The van der Waals surface area contributed by atoms with Crippen LogP contribution in [0.1, 0.15) is 24.6 Å². The van der Waals surface area contributed by atoms with Crippen LogP contribution < -0.4 is 5.32 Å². The van der Waals surface area contributed by atoms with Gasteiger partial charge in [-0.25, -0.2) is 0 Å². The highest BCUT2D eigenvalue weighted by Gasteiger charge is 2.09. The van der Waals surface area contributed by atoms with Gasteiger partial charge in [0.2, 0.25) is 0 Å². The van der Waals surface area contributed by atoms with Crippen LogP contribution in [0, 0.1) is 0 Å². The number of halogens is 1. The van der Waals surface area contributed by atoms with Crippen LogP contribution in [0.4, 0.5) is 0 Å². The van der Waals surface area contributed by atoms with E-state index in [1.807, 2.05) is 23.1 Å². The van der Waals surface area contributed by atoms with Crippen molar-refractivity contribution < 1.29 is 0 Å². The van der Waals surface area contributed by atoms with Crippen LogP contribution in [0.5, 0.6) is 0 Å². The van der Waals surface area contributed by atoms with Crippen LogP contribution in [0.3, 0.4) is 0 Å². The zero-order chi connectivity index (χ0) is 11.8. The quantitative estimate of drug-likeness (QED) is 0.771. The molecule has 0 saturated heterocycles. The molecule has 16 heavy (non-hydrogen) atoms. The number of thioether (sulfide) groups is 1. The van der Waals surface area contributed by atoms with Crippen molar-refractivity contribution in [1.82, 2.24) is 5.32 Å². The zero-order valence-corrected chi connectivity index (χ0v) is 13.2. The molecular formula is C12H20BrNS2. The maximum absolute atomic E-state index is 3.64. The van der Waals surface area contributed by atoms with Gasteiger partial charge in [-0.1, -0.05) is 6.92 Å². The topological polar surface area (TPSA) is 12.0 Å². The molecule has 0 spiro atoms. The van der Waals surface area contributed by atoms with E-state index in [1.54, 1.807) is 0 Å². The van der Waals surface area contributed by atoms with Crippen molar-refractivity contribution in [3.05, 3.63) is 20.8 Å². The minimum absolute atomic E-state index is 0.637. The maximum atomic E-state index is 3.64. The Morgan fingerprint density at radius 1 is 1.50 bits per heavy atom. The van der Waals surface area contributed by atoms with E-state index in [4.69, 9.17) is 0 Å². The van der Waals surface area contributed by atoms with E-state index in [2.05, 4.69) is 46.6 Å². The van der Waals surface area contributed by atoms with Gasteiger partial charge in [0.15, 0.2) is 0 Å². The summed E-state index contributed by atoms with van der Waals surface area (Å²) in [5.74, 6) is 1.24. The van der Waals surface area contributed by atoms with Gasteiger partial charge in [-0.15, -0.1) is 11.3 Å². The first-order valence-corrected chi connectivity index (χ1v) is 8.73. The Labute approximate surface area is 116 Å². The molecule has 0 aliphatic heterocycles. The van der Waals surface area contributed by atoms with Crippen molar-refractivity contribution in [3.63, 3.8) is 0 Å². The molecule has 1 atom stereocenters. The van der Waals surface area contributed by atoms with Gasteiger partial charge in [0, 0.05) is 10.9 Å². The van der Waals surface area contributed by atoms with Gasteiger partial charge in [-0.05, 0) is 65.9 Å². The molecule has 0 aromatic carbocycles. The van der Waals surface area contributed by atoms with Gasteiger partial charge in [0.25, 0.3) is 0 Å². The summed E-state index contributed by atoms with van der Waals surface area (Å²) < 4.78 is 1.24. The van der Waals surface area contributed by atoms with Crippen molar-refractivity contribution in [1.29, 1.82) is 0 Å². The number of hydrogen-bond acceptors (Lipinski definition) is 3. The summed E-state index contributed by atoms with van der Waals surface area (Å²) in [7, 11) is 0. The molecule has 0 bridgehead atoms. The molecule has 1 nitrogen and oxygen atoms in total. The fraction of sp³-hybridized carbons (Fsp3) is 0.667. The van der Waals surface area contributed by atoms with Crippen LogP contribution >= 0.6 is 39.0 Å². The predicted octanol–water partition coefficient (Wildman–Crippen LogP) is 4.17. The van der Waals surface area contributed by atoms with E-state index < -0.39 is 0 Å². The van der Waals surface area contributed by atoms with Crippen LogP contribution in [-0.2, 0) is 6.42 Å². The Kier molecular flexibility index (Phi) is 7.79. The third kappa shape index (κ3) is 5.71. The molecule has 1 aromatic rings. The van der Waals surface area contributed by atoms with E-state index in [0.717, 1.165) is 13.0 Å². The van der Waals surface area contributed by atoms with Crippen LogP contribution in [0.15, 0.2) is 15.9 Å². The SMILES string of the molecule is CCCNC(CCSC)Cc1ccc(Br)s1. The van der Waals surface area contributed by atoms with E-state index >= 15 is 0 Å². The predicted molar refractivity (Wildman–Crippen MR) is 80.8 cm³/mol. The summed E-state index contributed by atoms with van der Waals surface area (Å²) in [4.78, 5) is 1.47. The second-order valence-corrected chi connectivity index (χ2v) is 7.38. The molecule has 1 aromatic heterocycles. The summed E-state index contributed by atoms with van der Waals surface area (Å²) in [6, 6.07) is 5.01. The summed E-state index contributed by atoms with van der Waals surface area (Å²) >= 11 is 7.31. The van der Waals surface area contributed by atoms with Gasteiger partial charge >= 0.3 is 0 Å².